The van der Waals surface area contributed by atoms with Crippen LogP contribution in [0.1, 0.15) is 23.6 Å². The topological polar surface area (TPSA) is 76.7 Å². The maximum atomic E-state index is 12.7. The molecule has 0 aliphatic rings. The van der Waals surface area contributed by atoms with Gasteiger partial charge in [0.05, 0.1) is 14.2 Å². The summed E-state index contributed by atoms with van der Waals surface area (Å²) in [7, 11) is 3.08. The summed E-state index contributed by atoms with van der Waals surface area (Å²) in [5.74, 6) is 0.360. The van der Waals surface area contributed by atoms with E-state index in [0.29, 0.717) is 22.7 Å². The lowest BCUT2D eigenvalue weighted by molar-refractivity contribution is -0.120. The van der Waals surface area contributed by atoms with Gasteiger partial charge in [-0.15, -0.1) is 0 Å². The summed E-state index contributed by atoms with van der Waals surface area (Å²) in [6.45, 7) is 5.32. The zero-order chi connectivity index (χ0) is 20.0. The highest BCUT2D eigenvalue weighted by atomic mass is 16.5. The molecule has 2 N–H and O–H groups in total. The van der Waals surface area contributed by atoms with Crippen molar-refractivity contribution in [3.05, 3.63) is 58.8 Å². The number of rotatable bonds is 6. The van der Waals surface area contributed by atoms with E-state index in [1.165, 1.54) is 14.0 Å². The van der Waals surface area contributed by atoms with Crippen molar-refractivity contribution in [2.45, 2.75) is 20.8 Å². The number of carbonyl (C=O) groups is 2. The number of hydrogen-bond donors (Lipinski definition) is 2. The summed E-state index contributed by atoms with van der Waals surface area (Å²) in [6, 6.07) is 10.9. The van der Waals surface area contributed by atoms with Gasteiger partial charge in [-0.3, -0.25) is 9.59 Å². The van der Waals surface area contributed by atoms with Crippen LogP contribution in [0.15, 0.2) is 42.1 Å². The fraction of sp³-hybridized carbons (Fsp3) is 0.238. The van der Waals surface area contributed by atoms with E-state index in [0.717, 1.165) is 11.1 Å². The first-order valence-corrected chi connectivity index (χ1v) is 8.44. The van der Waals surface area contributed by atoms with Crippen LogP contribution in [-0.4, -0.2) is 26.0 Å². The van der Waals surface area contributed by atoms with Crippen LogP contribution >= 0.6 is 0 Å². The Bertz CT molecular complexity index is 888. The van der Waals surface area contributed by atoms with Crippen LogP contribution in [0.4, 0.5) is 5.69 Å². The monoisotopic (exact) mass is 368 g/mol. The Morgan fingerprint density at radius 1 is 0.926 bits per heavy atom. The van der Waals surface area contributed by atoms with Crippen molar-refractivity contribution in [3.63, 3.8) is 0 Å². The van der Waals surface area contributed by atoms with Crippen LogP contribution in [0.3, 0.4) is 0 Å². The van der Waals surface area contributed by atoms with Gasteiger partial charge in [0.1, 0.15) is 5.70 Å². The van der Waals surface area contributed by atoms with Crippen LogP contribution in [0.5, 0.6) is 11.5 Å². The number of carbonyl (C=O) groups excluding carboxylic acids is 2. The zero-order valence-corrected chi connectivity index (χ0v) is 16.2. The largest absolute Gasteiger partial charge is 0.493 e. The molecule has 2 aromatic carbocycles. The average Bonchev–Trinajstić information content (AvgIpc) is 2.63. The number of ether oxygens (including phenoxy) is 2. The molecule has 0 aliphatic carbocycles. The Morgan fingerprint density at radius 2 is 1.63 bits per heavy atom. The maximum absolute atomic E-state index is 12.7. The van der Waals surface area contributed by atoms with Gasteiger partial charge in [-0.1, -0.05) is 12.1 Å². The molecular formula is C21H24N2O4. The van der Waals surface area contributed by atoms with Crippen molar-refractivity contribution in [1.82, 2.24) is 5.32 Å². The molecule has 6 nitrogen and oxygen atoms in total. The number of hydrogen-bond acceptors (Lipinski definition) is 4. The normalized spacial score (nSPS) is 10.9. The molecule has 0 spiro atoms. The minimum absolute atomic E-state index is 0.132. The fourth-order valence-corrected chi connectivity index (χ4v) is 2.47. The van der Waals surface area contributed by atoms with Crippen molar-refractivity contribution in [3.8, 4) is 11.5 Å². The minimum Gasteiger partial charge on any atom is -0.493 e. The number of aryl methyl sites for hydroxylation is 2. The van der Waals surface area contributed by atoms with Crippen molar-refractivity contribution in [1.29, 1.82) is 0 Å². The highest BCUT2D eigenvalue weighted by Crippen LogP contribution is 2.28. The second-order valence-corrected chi connectivity index (χ2v) is 6.11. The van der Waals surface area contributed by atoms with Gasteiger partial charge in [0.2, 0.25) is 5.91 Å². The van der Waals surface area contributed by atoms with Crippen molar-refractivity contribution in [2.24, 2.45) is 0 Å². The van der Waals surface area contributed by atoms with E-state index in [1.54, 1.807) is 31.4 Å². The predicted molar refractivity (Wildman–Crippen MR) is 106 cm³/mol. The molecule has 0 aliphatic heterocycles. The van der Waals surface area contributed by atoms with E-state index in [1.807, 2.05) is 32.0 Å². The van der Waals surface area contributed by atoms with Gasteiger partial charge in [0, 0.05) is 12.6 Å². The van der Waals surface area contributed by atoms with Gasteiger partial charge >= 0.3 is 0 Å². The standard InChI is InChI=1S/C21H24N2O4/c1-13-6-8-17(10-14(13)2)23-21(25)18(22-15(3)24)11-16-7-9-19(26-4)20(12-16)27-5/h6-12H,1-5H3,(H,22,24)(H,23,25)/b18-11-. The van der Waals surface area contributed by atoms with Crippen LogP contribution in [0, 0.1) is 13.8 Å². The zero-order valence-electron chi connectivity index (χ0n) is 16.2. The molecule has 0 radical (unpaired) electrons. The Morgan fingerprint density at radius 3 is 2.22 bits per heavy atom. The van der Waals surface area contributed by atoms with Crippen LogP contribution < -0.4 is 20.1 Å². The summed E-state index contributed by atoms with van der Waals surface area (Å²) in [5, 5.41) is 5.39. The summed E-state index contributed by atoms with van der Waals surface area (Å²) < 4.78 is 10.5. The van der Waals surface area contributed by atoms with Gasteiger partial charge in [-0.05, 0) is 60.9 Å². The Labute approximate surface area is 159 Å². The number of benzene rings is 2. The molecule has 0 bridgehead atoms. The van der Waals surface area contributed by atoms with E-state index < -0.39 is 5.91 Å². The number of amides is 2. The van der Waals surface area contributed by atoms with Crippen LogP contribution in [0.25, 0.3) is 6.08 Å². The van der Waals surface area contributed by atoms with Gasteiger partial charge in [-0.25, -0.2) is 0 Å². The highest BCUT2D eigenvalue weighted by Gasteiger charge is 2.13. The number of nitrogens with one attached hydrogen (secondary N) is 2. The average molecular weight is 368 g/mol. The quantitative estimate of drug-likeness (QED) is 0.766. The van der Waals surface area contributed by atoms with E-state index in [9.17, 15) is 9.59 Å². The Hall–Kier alpha value is -3.28. The third-order valence-corrected chi connectivity index (χ3v) is 4.04. The molecule has 0 heterocycles. The molecule has 0 unspecified atom stereocenters. The second-order valence-electron chi connectivity index (χ2n) is 6.11. The minimum atomic E-state index is -0.414. The third kappa shape index (κ3) is 5.34. The Kier molecular flexibility index (Phi) is 6.60. The molecule has 2 amide bonds. The molecule has 0 saturated heterocycles. The first-order chi connectivity index (χ1) is 12.8. The number of methoxy groups -OCH3 is 2. The van der Waals surface area contributed by atoms with Gasteiger partial charge < -0.3 is 20.1 Å². The molecular weight excluding hydrogens is 344 g/mol. The van der Waals surface area contributed by atoms with E-state index in [2.05, 4.69) is 10.6 Å². The third-order valence-electron chi connectivity index (χ3n) is 4.04. The van der Waals surface area contributed by atoms with Crippen molar-refractivity contribution < 1.29 is 19.1 Å². The lowest BCUT2D eigenvalue weighted by Gasteiger charge is -2.12. The molecule has 0 saturated carbocycles. The van der Waals surface area contributed by atoms with Crippen molar-refractivity contribution in [2.75, 3.05) is 19.5 Å². The molecule has 2 aromatic rings. The highest BCUT2D eigenvalue weighted by molar-refractivity contribution is 6.08. The molecule has 142 valence electrons. The van der Waals surface area contributed by atoms with Gasteiger partial charge in [0.25, 0.3) is 5.91 Å². The Balaban J connectivity index is 2.33. The summed E-state index contributed by atoms with van der Waals surface area (Å²) in [5.41, 5.74) is 3.68. The molecule has 0 fully saturated rings. The van der Waals surface area contributed by atoms with Gasteiger partial charge in [0.15, 0.2) is 11.5 Å². The predicted octanol–water partition coefficient (Wildman–Crippen LogP) is 3.44. The van der Waals surface area contributed by atoms with E-state index in [4.69, 9.17) is 9.47 Å². The lowest BCUT2D eigenvalue weighted by Crippen LogP contribution is -2.29. The van der Waals surface area contributed by atoms with E-state index in [-0.39, 0.29) is 11.6 Å². The smallest absolute Gasteiger partial charge is 0.272 e. The molecule has 2 rings (SSSR count). The van der Waals surface area contributed by atoms with Crippen LogP contribution in [-0.2, 0) is 9.59 Å². The first kappa shape index (κ1) is 20.0. The number of anilines is 1. The fourth-order valence-electron chi connectivity index (χ4n) is 2.47. The molecule has 6 heteroatoms. The van der Waals surface area contributed by atoms with Crippen LogP contribution in [0.2, 0.25) is 0 Å². The van der Waals surface area contributed by atoms with Gasteiger partial charge in [-0.2, -0.15) is 0 Å². The first-order valence-electron chi connectivity index (χ1n) is 8.44. The molecule has 0 atom stereocenters. The second kappa shape index (κ2) is 8.89. The summed E-state index contributed by atoms with van der Waals surface area (Å²) >= 11 is 0. The summed E-state index contributed by atoms with van der Waals surface area (Å²) in [4.78, 5) is 24.2. The van der Waals surface area contributed by atoms with Crippen molar-refractivity contribution >= 4 is 23.6 Å². The SMILES string of the molecule is COc1ccc(/C=C(\NC(C)=O)C(=O)Nc2ccc(C)c(C)c2)cc1OC. The lowest BCUT2D eigenvalue weighted by atomic mass is 10.1. The van der Waals surface area contributed by atoms with E-state index >= 15 is 0 Å². The summed E-state index contributed by atoms with van der Waals surface area (Å²) in [6.07, 6.45) is 1.58. The molecule has 0 aromatic heterocycles. The molecule has 27 heavy (non-hydrogen) atoms. The maximum Gasteiger partial charge on any atom is 0.272 e.